The Morgan fingerprint density at radius 1 is 1.00 bits per heavy atom. The van der Waals surface area contributed by atoms with Gasteiger partial charge >= 0.3 is 0 Å². The Morgan fingerprint density at radius 2 is 1.71 bits per heavy atom. The van der Waals surface area contributed by atoms with Gasteiger partial charge in [0, 0.05) is 12.0 Å². The molecular weight excluding hydrogens is 454 g/mol. The number of rotatable bonds is 8. The number of benzene rings is 1. The predicted octanol–water partition coefficient (Wildman–Crippen LogP) is 4.18. The molecule has 4 rings (SSSR count). The number of nitrogens with zero attached hydrogens (tertiary/aromatic N) is 3. The summed E-state index contributed by atoms with van der Waals surface area (Å²) >= 11 is 0. The molecule has 0 saturated carbocycles. The molecule has 0 aliphatic carbocycles. The van der Waals surface area contributed by atoms with E-state index < -0.39 is 42.7 Å². The molecule has 0 bridgehead atoms. The van der Waals surface area contributed by atoms with Gasteiger partial charge in [0.2, 0.25) is 0 Å². The largest absolute Gasteiger partial charge is 0.374 e. The van der Waals surface area contributed by atoms with Crippen molar-refractivity contribution in [1.29, 1.82) is 0 Å². The first kappa shape index (κ1) is 26.3. The second-order valence-electron chi connectivity index (χ2n) is 10.1. The zero-order valence-electron chi connectivity index (χ0n) is 21.3. The van der Waals surface area contributed by atoms with Gasteiger partial charge in [-0.1, -0.05) is 49.3 Å². The minimum atomic E-state index is -0.811. The molecule has 3 heterocycles. The molecule has 10 unspecified atom stereocenters. The van der Waals surface area contributed by atoms with Crippen LogP contribution in [-0.4, -0.2) is 68.6 Å². The molecule has 10 nitrogen and oxygen atoms in total. The van der Waals surface area contributed by atoms with Crippen LogP contribution in [0.4, 0.5) is 0 Å². The van der Waals surface area contributed by atoms with Crippen LogP contribution in [0.15, 0.2) is 35.4 Å². The lowest BCUT2D eigenvalue weighted by Gasteiger charge is -2.46. The van der Waals surface area contributed by atoms with Crippen LogP contribution in [-0.2, 0) is 39.8 Å². The van der Waals surface area contributed by atoms with Gasteiger partial charge in [0.15, 0.2) is 18.4 Å². The van der Waals surface area contributed by atoms with Crippen molar-refractivity contribution in [3.8, 4) is 0 Å². The molecule has 1 aromatic rings. The molecule has 3 saturated heterocycles. The van der Waals surface area contributed by atoms with Crippen LogP contribution >= 0.6 is 0 Å². The zero-order chi connectivity index (χ0) is 25.2. The van der Waals surface area contributed by atoms with Gasteiger partial charge in [-0.25, -0.2) is 0 Å². The summed E-state index contributed by atoms with van der Waals surface area (Å²) in [6.07, 6.45) is -3.36. The van der Waals surface area contributed by atoms with Crippen LogP contribution in [0.25, 0.3) is 10.4 Å². The summed E-state index contributed by atoms with van der Waals surface area (Å²) in [7, 11) is 1.58. The van der Waals surface area contributed by atoms with Gasteiger partial charge in [0.1, 0.15) is 18.3 Å². The third-order valence-electron chi connectivity index (χ3n) is 7.21. The molecule has 10 atom stereocenters. The Labute approximate surface area is 206 Å². The van der Waals surface area contributed by atoms with Gasteiger partial charge in [0.05, 0.1) is 31.5 Å². The van der Waals surface area contributed by atoms with Crippen molar-refractivity contribution >= 4 is 0 Å². The zero-order valence-corrected chi connectivity index (χ0v) is 21.3. The van der Waals surface area contributed by atoms with Crippen molar-refractivity contribution in [2.45, 2.75) is 96.2 Å². The van der Waals surface area contributed by atoms with Gasteiger partial charge in [-0.3, -0.25) is 0 Å². The SMILES string of the molecule is COC1OC(C)C(OC2OC(COCc3ccccc3)C(C)C(C)C2N=[N+]=[N-])C2OC(C)(C)OC12. The maximum absolute atomic E-state index is 9.25. The summed E-state index contributed by atoms with van der Waals surface area (Å²) in [4.78, 5) is 3.07. The van der Waals surface area contributed by atoms with E-state index in [1.807, 2.05) is 51.1 Å². The number of azide groups is 1. The number of fused-ring (bicyclic) bond motifs is 1. The van der Waals surface area contributed by atoms with Crippen LogP contribution in [0.5, 0.6) is 0 Å². The summed E-state index contributed by atoms with van der Waals surface area (Å²) in [5.74, 6) is -0.708. The Kier molecular flexibility index (Phi) is 8.35. The van der Waals surface area contributed by atoms with Crippen LogP contribution < -0.4 is 0 Å². The first-order valence-electron chi connectivity index (χ1n) is 12.2. The van der Waals surface area contributed by atoms with E-state index in [2.05, 4.69) is 23.9 Å². The van der Waals surface area contributed by atoms with Crippen LogP contribution in [0, 0.1) is 11.8 Å². The van der Waals surface area contributed by atoms with E-state index in [9.17, 15) is 5.53 Å². The summed E-state index contributed by atoms with van der Waals surface area (Å²) in [6, 6.07) is 9.49. The molecular formula is C25H37N3O7. The monoisotopic (exact) mass is 491 g/mol. The molecule has 0 aromatic heterocycles. The van der Waals surface area contributed by atoms with Crippen LogP contribution in [0.2, 0.25) is 0 Å². The van der Waals surface area contributed by atoms with Gasteiger partial charge in [0.25, 0.3) is 0 Å². The quantitative estimate of drug-likeness (QED) is 0.304. The minimum absolute atomic E-state index is 0.00879. The molecule has 0 spiro atoms. The summed E-state index contributed by atoms with van der Waals surface area (Å²) in [5.41, 5.74) is 10.3. The molecule has 0 radical (unpaired) electrons. The highest BCUT2D eigenvalue weighted by atomic mass is 16.8. The Balaban J connectivity index is 1.48. The summed E-state index contributed by atoms with van der Waals surface area (Å²) in [6.45, 7) is 10.6. The van der Waals surface area contributed by atoms with E-state index in [1.165, 1.54) is 0 Å². The fraction of sp³-hybridized carbons (Fsp3) is 0.760. The number of methoxy groups -OCH3 is 1. The molecule has 0 N–H and O–H groups in total. The molecule has 3 aliphatic heterocycles. The molecule has 1 aromatic carbocycles. The van der Waals surface area contributed by atoms with E-state index in [0.717, 1.165) is 5.56 Å². The highest BCUT2D eigenvalue weighted by Crippen LogP contribution is 2.41. The molecule has 194 valence electrons. The van der Waals surface area contributed by atoms with Gasteiger partial charge in [-0.15, -0.1) is 0 Å². The molecule has 3 aliphatic rings. The van der Waals surface area contributed by atoms with E-state index >= 15 is 0 Å². The number of hydrogen-bond acceptors (Lipinski definition) is 8. The van der Waals surface area contributed by atoms with Crippen LogP contribution in [0.3, 0.4) is 0 Å². The third kappa shape index (κ3) is 5.81. The normalized spacial score (nSPS) is 40.6. The van der Waals surface area contributed by atoms with Crippen molar-refractivity contribution in [3.05, 3.63) is 46.3 Å². The first-order chi connectivity index (χ1) is 16.7. The fourth-order valence-corrected chi connectivity index (χ4v) is 5.11. The Bertz CT molecular complexity index is 881. The molecule has 3 fully saturated rings. The summed E-state index contributed by atoms with van der Waals surface area (Å²) < 4.78 is 42.7. The van der Waals surface area contributed by atoms with Crippen molar-refractivity contribution in [2.75, 3.05) is 13.7 Å². The van der Waals surface area contributed by atoms with E-state index in [1.54, 1.807) is 7.11 Å². The van der Waals surface area contributed by atoms with E-state index in [4.69, 9.17) is 33.2 Å². The number of hydrogen-bond donors (Lipinski definition) is 0. The first-order valence-corrected chi connectivity index (χ1v) is 12.2. The average molecular weight is 492 g/mol. The lowest BCUT2D eigenvalue weighted by molar-refractivity contribution is -0.317. The van der Waals surface area contributed by atoms with Crippen LogP contribution in [0.1, 0.15) is 40.2 Å². The molecule has 10 heteroatoms. The average Bonchev–Trinajstić information content (AvgIpc) is 3.16. The molecule has 35 heavy (non-hydrogen) atoms. The van der Waals surface area contributed by atoms with Gasteiger partial charge in [-0.05, 0) is 43.7 Å². The van der Waals surface area contributed by atoms with E-state index in [0.29, 0.717) is 13.2 Å². The van der Waals surface area contributed by atoms with Crippen molar-refractivity contribution < 1.29 is 33.2 Å². The maximum Gasteiger partial charge on any atom is 0.186 e. The smallest absolute Gasteiger partial charge is 0.186 e. The number of ether oxygens (including phenoxy) is 7. The second kappa shape index (κ2) is 11.1. The highest BCUT2D eigenvalue weighted by Gasteiger charge is 2.56. The third-order valence-corrected chi connectivity index (χ3v) is 7.21. The van der Waals surface area contributed by atoms with Crippen molar-refractivity contribution in [1.82, 2.24) is 0 Å². The van der Waals surface area contributed by atoms with E-state index in [-0.39, 0.29) is 24.0 Å². The lowest BCUT2D eigenvalue weighted by Crippen LogP contribution is -2.60. The standard InChI is InChI=1S/C25H37N3O7/c1-14-15(2)19(27-28-26)23(32-18(14)13-30-12-17-10-8-7-9-11-17)33-20-16(3)31-24(29-6)22-21(20)34-25(4,5)35-22/h7-11,14-16,18-24H,12-13H2,1-6H3. The van der Waals surface area contributed by atoms with Crippen molar-refractivity contribution in [3.63, 3.8) is 0 Å². The second-order valence-corrected chi connectivity index (χ2v) is 10.1. The Hall–Kier alpha value is -1.75. The predicted molar refractivity (Wildman–Crippen MR) is 126 cm³/mol. The van der Waals surface area contributed by atoms with Gasteiger partial charge < -0.3 is 33.2 Å². The summed E-state index contributed by atoms with van der Waals surface area (Å²) in [5, 5.41) is 4.05. The maximum atomic E-state index is 9.25. The lowest BCUT2D eigenvalue weighted by atomic mass is 9.82. The fourth-order valence-electron chi connectivity index (χ4n) is 5.11. The van der Waals surface area contributed by atoms with Gasteiger partial charge in [-0.2, -0.15) is 0 Å². The van der Waals surface area contributed by atoms with Crippen molar-refractivity contribution in [2.24, 2.45) is 17.0 Å². The topological polar surface area (TPSA) is 113 Å². The minimum Gasteiger partial charge on any atom is -0.374 e. The highest BCUT2D eigenvalue weighted by molar-refractivity contribution is 5.13. The molecule has 0 amide bonds. The Morgan fingerprint density at radius 3 is 2.40 bits per heavy atom.